The summed E-state index contributed by atoms with van der Waals surface area (Å²) in [6, 6.07) is 4.85. The molecule has 2 aromatic rings. The molecule has 0 saturated heterocycles. The van der Waals surface area contributed by atoms with E-state index in [1.807, 2.05) is 0 Å². The van der Waals surface area contributed by atoms with Crippen LogP contribution in [-0.2, 0) is 0 Å². The number of nitrogens with two attached hydrogens (primary N) is 1. The van der Waals surface area contributed by atoms with Gasteiger partial charge in [0, 0.05) is 4.90 Å². The fraction of sp³-hybridized carbons (Fsp3) is 0.286. The summed E-state index contributed by atoms with van der Waals surface area (Å²) in [4.78, 5) is 15.8. The van der Waals surface area contributed by atoms with Crippen LogP contribution in [0.1, 0.15) is 13.8 Å². The summed E-state index contributed by atoms with van der Waals surface area (Å²) in [5.41, 5.74) is 5.98. The fourth-order valence-electron chi connectivity index (χ4n) is 1.58. The lowest BCUT2D eigenvalue weighted by molar-refractivity contribution is -0.237. The first-order valence-corrected chi connectivity index (χ1v) is 7.99. The first kappa shape index (κ1) is 20.6. The van der Waals surface area contributed by atoms with E-state index in [1.165, 1.54) is 18.2 Å². The second-order valence-electron chi connectivity index (χ2n) is 5.17. The Morgan fingerprint density at radius 1 is 1.11 bits per heavy atom. The molecule has 0 amide bonds. The number of anilines is 3. The van der Waals surface area contributed by atoms with Crippen LogP contribution >= 0.6 is 11.8 Å². The van der Waals surface area contributed by atoms with Gasteiger partial charge in [-0.25, -0.2) is 0 Å². The van der Waals surface area contributed by atoms with E-state index in [4.69, 9.17) is 10.6 Å². The van der Waals surface area contributed by atoms with Gasteiger partial charge in [-0.1, -0.05) is 17.3 Å². The van der Waals surface area contributed by atoms with E-state index in [1.54, 1.807) is 13.8 Å². The van der Waals surface area contributed by atoms with Crippen LogP contribution in [0, 0.1) is 0 Å². The Labute approximate surface area is 154 Å². The van der Waals surface area contributed by atoms with E-state index >= 15 is 0 Å². The third-order valence-electron chi connectivity index (χ3n) is 2.64. The Morgan fingerprint density at radius 3 is 2.41 bits per heavy atom. The number of rotatable bonds is 6. The second kappa shape index (κ2) is 7.90. The van der Waals surface area contributed by atoms with Gasteiger partial charge in [-0.2, -0.15) is 36.9 Å². The summed E-state index contributed by atoms with van der Waals surface area (Å²) in [5.74, 6) is -0.484. The monoisotopic (exact) mass is 408 g/mol. The minimum absolute atomic E-state index is 0.0850. The van der Waals surface area contributed by atoms with Crippen LogP contribution < -0.4 is 15.9 Å². The Bertz CT molecular complexity index is 841. The van der Waals surface area contributed by atoms with Crippen LogP contribution in [0.4, 0.5) is 39.5 Å². The molecule has 0 unspecified atom stereocenters. The van der Waals surface area contributed by atoms with Crippen molar-refractivity contribution in [1.82, 2.24) is 15.0 Å². The molecule has 27 heavy (non-hydrogen) atoms. The zero-order chi connectivity index (χ0) is 20.2. The third-order valence-corrected chi connectivity index (χ3v) is 3.71. The summed E-state index contributed by atoms with van der Waals surface area (Å²) < 4.78 is 64.1. The Kier molecular flexibility index (Phi) is 6.03. The van der Waals surface area contributed by atoms with Gasteiger partial charge in [0.25, 0.3) is 0 Å². The summed E-state index contributed by atoms with van der Waals surface area (Å²) in [6.45, 7) is 3.30. The lowest BCUT2D eigenvalue weighted by Gasteiger charge is -2.20. The minimum Gasteiger partial charge on any atom is -0.368 e. The average molecular weight is 408 g/mol. The molecular weight excluding hydrogens is 395 g/mol. The van der Waals surface area contributed by atoms with Crippen molar-refractivity contribution < 1.29 is 26.8 Å². The number of nitrogen functional groups attached to an aromatic ring is 1. The highest BCUT2D eigenvalue weighted by atomic mass is 32.2. The highest BCUT2D eigenvalue weighted by molar-refractivity contribution is 8.00. The highest BCUT2D eigenvalue weighted by Crippen LogP contribution is 2.49. The quantitative estimate of drug-likeness (QED) is 0.320. The lowest BCUT2D eigenvalue weighted by Crippen LogP contribution is -2.32. The van der Waals surface area contributed by atoms with Crippen LogP contribution in [0.5, 0.6) is 6.01 Å². The van der Waals surface area contributed by atoms with Gasteiger partial charge >= 0.3 is 17.4 Å². The van der Waals surface area contributed by atoms with E-state index < -0.39 is 23.2 Å². The van der Waals surface area contributed by atoms with Crippen LogP contribution in [0.3, 0.4) is 0 Å². The van der Waals surface area contributed by atoms with Gasteiger partial charge in [0.2, 0.25) is 11.9 Å². The average Bonchev–Trinajstić information content (AvgIpc) is 2.53. The number of thioether (sulfide) groups is 1. The zero-order valence-corrected chi connectivity index (χ0v) is 14.7. The molecule has 146 valence electrons. The van der Waals surface area contributed by atoms with Crippen molar-refractivity contribution in [1.29, 1.82) is 0 Å². The summed E-state index contributed by atoms with van der Waals surface area (Å²) in [5, 5.41) is 1.17. The largest absolute Gasteiger partial charge is 0.464 e. The molecule has 0 radical (unpaired) electrons. The molecule has 0 aliphatic heterocycles. The molecule has 13 heteroatoms. The highest BCUT2D eigenvalue weighted by Gasteiger charge is 2.58. The maximum Gasteiger partial charge on any atom is 0.464 e. The number of nitrogens with zero attached hydrogens (tertiary/aromatic N) is 4. The number of nitrogens with one attached hydrogen (secondary N) is 1. The third kappa shape index (κ3) is 5.64. The van der Waals surface area contributed by atoms with Gasteiger partial charge in [-0.05, 0) is 37.7 Å². The molecule has 1 aromatic carbocycles. The molecule has 3 N–H and O–H groups in total. The van der Waals surface area contributed by atoms with Crippen molar-refractivity contribution in [3.63, 3.8) is 0 Å². The first-order chi connectivity index (χ1) is 12.5. The maximum atomic E-state index is 13.4. The molecule has 0 bridgehead atoms. The predicted molar refractivity (Wildman–Crippen MR) is 90.2 cm³/mol. The first-order valence-electron chi connectivity index (χ1n) is 7.17. The van der Waals surface area contributed by atoms with Crippen molar-refractivity contribution in [2.75, 3.05) is 11.1 Å². The van der Waals surface area contributed by atoms with E-state index in [0.29, 0.717) is 5.71 Å². The standard InChI is InChI=1S/C14H13F5N6OS/c1-7(2)25-26-12-23-10(20)22-11(24-12)21-8-5-3-4-6-9(8)27-14(18,19)13(15,16)17/h3-6H,1-2H3,(H3,20,21,22,23,24). The number of oxime groups is 1. The van der Waals surface area contributed by atoms with Gasteiger partial charge in [-0.3, -0.25) is 0 Å². The molecule has 2 rings (SSSR count). The number of aromatic nitrogens is 3. The molecule has 1 aromatic heterocycles. The minimum atomic E-state index is -5.71. The van der Waals surface area contributed by atoms with E-state index in [0.717, 1.165) is 6.07 Å². The molecule has 0 atom stereocenters. The number of hydrogen-bond acceptors (Lipinski definition) is 8. The molecular formula is C14H13F5N6OS. The summed E-state index contributed by atoms with van der Waals surface area (Å²) in [7, 11) is 0. The molecule has 0 saturated carbocycles. The van der Waals surface area contributed by atoms with Crippen molar-refractivity contribution >= 4 is 35.1 Å². The predicted octanol–water partition coefficient (Wildman–Crippen LogP) is 4.22. The summed E-state index contributed by atoms with van der Waals surface area (Å²) >= 11 is -0.655. The van der Waals surface area contributed by atoms with Gasteiger partial charge in [0.15, 0.2) is 0 Å². The fourth-order valence-corrected chi connectivity index (χ4v) is 2.34. The molecule has 0 spiro atoms. The van der Waals surface area contributed by atoms with Gasteiger partial charge in [0.1, 0.15) is 0 Å². The van der Waals surface area contributed by atoms with Crippen molar-refractivity contribution in [2.24, 2.45) is 5.16 Å². The molecule has 0 aliphatic rings. The van der Waals surface area contributed by atoms with Gasteiger partial charge in [-0.15, -0.1) is 0 Å². The Balaban J connectivity index is 2.30. The molecule has 7 nitrogen and oxygen atoms in total. The summed E-state index contributed by atoms with van der Waals surface area (Å²) in [6.07, 6.45) is -5.71. The van der Waals surface area contributed by atoms with Crippen molar-refractivity contribution in [3.05, 3.63) is 24.3 Å². The normalized spacial score (nSPS) is 11.8. The Hall–Kier alpha value is -2.70. The second-order valence-corrected chi connectivity index (χ2v) is 6.32. The topological polar surface area (TPSA) is 98.3 Å². The van der Waals surface area contributed by atoms with Crippen LogP contribution in [0.2, 0.25) is 0 Å². The number of benzene rings is 1. The van der Waals surface area contributed by atoms with Crippen molar-refractivity contribution in [2.45, 2.75) is 30.2 Å². The zero-order valence-electron chi connectivity index (χ0n) is 13.9. The van der Waals surface area contributed by atoms with Crippen LogP contribution in [0.25, 0.3) is 0 Å². The van der Waals surface area contributed by atoms with Gasteiger partial charge in [0.05, 0.1) is 11.4 Å². The smallest absolute Gasteiger partial charge is 0.368 e. The van der Waals surface area contributed by atoms with E-state index in [-0.39, 0.29) is 28.5 Å². The number of para-hydroxylation sites is 1. The number of alkyl halides is 5. The Morgan fingerprint density at radius 2 is 1.78 bits per heavy atom. The number of hydrogen-bond donors (Lipinski definition) is 2. The number of halogens is 5. The van der Waals surface area contributed by atoms with Crippen LogP contribution in [-0.4, -0.2) is 32.1 Å². The SMILES string of the molecule is CC(C)=NOc1nc(N)nc(Nc2ccccc2SC(F)(F)C(F)(F)F)n1. The molecule has 0 aliphatic carbocycles. The maximum absolute atomic E-state index is 13.4. The van der Waals surface area contributed by atoms with E-state index in [9.17, 15) is 22.0 Å². The molecule has 1 heterocycles. The van der Waals surface area contributed by atoms with Crippen molar-refractivity contribution in [3.8, 4) is 6.01 Å². The van der Waals surface area contributed by atoms with E-state index in [2.05, 4.69) is 25.4 Å². The van der Waals surface area contributed by atoms with Crippen LogP contribution in [0.15, 0.2) is 34.3 Å². The lowest BCUT2D eigenvalue weighted by atomic mass is 10.3. The van der Waals surface area contributed by atoms with Gasteiger partial charge < -0.3 is 15.9 Å². The molecule has 0 fully saturated rings.